The topological polar surface area (TPSA) is 57.8 Å². The van der Waals surface area contributed by atoms with Gasteiger partial charge < -0.3 is 9.88 Å². The number of aromatic nitrogens is 1. The van der Waals surface area contributed by atoms with Crippen LogP contribution in [0.15, 0.2) is 71.1 Å². The summed E-state index contributed by atoms with van der Waals surface area (Å²) in [5.74, 6) is -3.07. The molecule has 4 nitrogen and oxygen atoms in total. The molecule has 0 aliphatic heterocycles. The van der Waals surface area contributed by atoms with Gasteiger partial charge in [-0.25, -0.2) is 0 Å². The summed E-state index contributed by atoms with van der Waals surface area (Å²) < 4.78 is 26.9. The van der Waals surface area contributed by atoms with E-state index in [9.17, 15) is 18.8 Å². The van der Waals surface area contributed by atoms with Crippen LogP contribution in [-0.2, 0) is 4.79 Å². The molecule has 1 heterocycles. The minimum atomic E-state index is -2.51. The Labute approximate surface area is 177 Å². The van der Waals surface area contributed by atoms with E-state index in [1.807, 2.05) is 56.3 Å². The summed E-state index contributed by atoms with van der Waals surface area (Å²) >= 11 is 0.430. The zero-order valence-corrected chi connectivity index (χ0v) is 17.2. The minimum Gasteiger partial charge on any atom is -0.321 e. The number of nitrogens with one attached hydrogen (secondary N) is 1. The number of rotatable bonds is 6. The molecule has 0 aliphatic rings. The molecule has 0 spiro atoms. The number of nitriles is 1. The summed E-state index contributed by atoms with van der Waals surface area (Å²) in [6.07, 6.45) is 1.55. The van der Waals surface area contributed by atoms with Crippen molar-refractivity contribution in [1.82, 2.24) is 4.57 Å². The van der Waals surface area contributed by atoms with Crippen molar-refractivity contribution in [2.45, 2.75) is 24.5 Å². The van der Waals surface area contributed by atoms with Gasteiger partial charge in [0.2, 0.25) is 0 Å². The Balaban J connectivity index is 1.82. The smallest absolute Gasteiger partial charge is 0.288 e. The highest BCUT2D eigenvalue weighted by molar-refractivity contribution is 7.99. The van der Waals surface area contributed by atoms with Gasteiger partial charge in [0, 0.05) is 27.7 Å². The molecule has 0 atom stereocenters. The third-order valence-electron chi connectivity index (χ3n) is 4.49. The zero-order chi connectivity index (χ0) is 21.7. The van der Waals surface area contributed by atoms with Crippen LogP contribution in [0.5, 0.6) is 0 Å². The number of carbonyl (C=O) groups excluding carboxylic acids is 1. The molecule has 0 aliphatic carbocycles. The average molecular weight is 423 g/mol. The first-order valence-corrected chi connectivity index (χ1v) is 9.99. The Bertz CT molecular complexity index is 1110. The Morgan fingerprint density at radius 2 is 1.80 bits per heavy atom. The largest absolute Gasteiger partial charge is 0.321 e. The van der Waals surface area contributed by atoms with E-state index >= 15 is 0 Å². The molecule has 0 unspecified atom stereocenters. The number of alkyl halides is 2. The number of anilines is 1. The first-order valence-electron chi connectivity index (χ1n) is 9.11. The van der Waals surface area contributed by atoms with Crippen molar-refractivity contribution < 1.29 is 13.6 Å². The molecule has 0 fully saturated rings. The van der Waals surface area contributed by atoms with Gasteiger partial charge in [-0.15, -0.1) is 0 Å². The van der Waals surface area contributed by atoms with E-state index in [1.165, 1.54) is 24.3 Å². The molecule has 0 radical (unpaired) electrons. The van der Waals surface area contributed by atoms with Crippen LogP contribution in [0.3, 0.4) is 0 Å². The van der Waals surface area contributed by atoms with Crippen molar-refractivity contribution in [2.75, 3.05) is 5.32 Å². The van der Waals surface area contributed by atoms with Gasteiger partial charge in [0.1, 0.15) is 11.6 Å². The SMILES string of the molecule is Cc1cc(C=C(C#N)C(=O)Nc2ccc(SC(F)F)cc2)c(C)n1-c1ccccc1. The lowest BCUT2D eigenvalue weighted by Gasteiger charge is -2.09. The monoisotopic (exact) mass is 423 g/mol. The fourth-order valence-electron chi connectivity index (χ4n) is 3.13. The molecule has 3 rings (SSSR count). The fourth-order valence-corrected chi connectivity index (χ4v) is 3.63. The second-order valence-electron chi connectivity index (χ2n) is 6.52. The van der Waals surface area contributed by atoms with Gasteiger partial charge >= 0.3 is 0 Å². The number of para-hydroxylation sites is 1. The standard InChI is InChI=1S/C23H19F2N3OS/c1-15-12-17(16(2)28(15)20-6-4-3-5-7-20)13-18(14-26)22(29)27-19-8-10-21(11-9-19)30-23(24)25/h3-13,23H,1-2H3,(H,27,29). The lowest BCUT2D eigenvalue weighted by atomic mass is 10.1. The molecule has 0 saturated heterocycles. The normalized spacial score (nSPS) is 11.4. The summed E-state index contributed by atoms with van der Waals surface area (Å²) in [7, 11) is 0. The van der Waals surface area contributed by atoms with Crippen molar-refractivity contribution in [3.05, 3.63) is 83.2 Å². The lowest BCUT2D eigenvalue weighted by molar-refractivity contribution is -0.112. The zero-order valence-electron chi connectivity index (χ0n) is 16.4. The van der Waals surface area contributed by atoms with E-state index in [0.29, 0.717) is 22.3 Å². The highest BCUT2D eigenvalue weighted by Gasteiger charge is 2.14. The van der Waals surface area contributed by atoms with Crippen LogP contribution in [-0.4, -0.2) is 16.2 Å². The average Bonchev–Trinajstić information content (AvgIpc) is 3.00. The number of carbonyl (C=O) groups is 1. The molecule has 0 saturated carbocycles. The molecule has 1 N–H and O–H groups in total. The number of nitrogens with zero attached hydrogens (tertiary/aromatic N) is 2. The summed E-state index contributed by atoms with van der Waals surface area (Å²) in [6.45, 7) is 3.89. The third-order valence-corrected chi connectivity index (χ3v) is 5.21. The fraction of sp³-hybridized carbons (Fsp3) is 0.130. The highest BCUT2D eigenvalue weighted by Crippen LogP contribution is 2.26. The molecule has 1 aromatic heterocycles. The maximum absolute atomic E-state index is 12.5. The van der Waals surface area contributed by atoms with Crippen LogP contribution in [0.25, 0.3) is 11.8 Å². The molecule has 152 valence electrons. The predicted octanol–water partition coefficient (Wildman–Crippen LogP) is 5.95. The molecule has 30 heavy (non-hydrogen) atoms. The first kappa shape index (κ1) is 21.3. The van der Waals surface area contributed by atoms with Crippen LogP contribution in [0, 0.1) is 25.2 Å². The summed E-state index contributed by atoms with van der Waals surface area (Å²) in [6, 6.07) is 19.7. The second-order valence-corrected chi connectivity index (χ2v) is 7.59. The molecule has 0 bridgehead atoms. The number of hydrogen-bond acceptors (Lipinski definition) is 3. The van der Waals surface area contributed by atoms with E-state index in [2.05, 4.69) is 9.88 Å². The van der Waals surface area contributed by atoms with Crippen molar-refractivity contribution in [3.63, 3.8) is 0 Å². The molecule has 1 amide bonds. The third kappa shape index (κ3) is 4.97. The van der Waals surface area contributed by atoms with Crippen molar-refractivity contribution in [3.8, 4) is 11.8 Å². The summed E-state index contributed by atoms with van der Waals surface area (Å²) in [5.41, 5.74) is 4.04. The summed E-state index contributed by atoms with van der Waals surface area (Å²) in [4.78, 5) is 12.9. The molecule has 3 aromatic rings. The minimum absolute atomic E-state index is 0.0469. The van der Waals surface area contributed by atoms with E-state index < -0.39 is 11.7 Å². The number of halogens is 2. The second kappa shape index (κ2) is 9.42. The highest BCUT2D eigenvalue weighted by atomic mass is 32.2. The van der Waals surface area contributed by atoms with E-state index in [0.717, 1.165) is 22.6 Å². The van der Waals surface area contributed by atoms with Crippen LogP contribution in [0.4, 0.5) is 14.5 Å². The maximum atomic E-state index is 12.5. The molecular formula is C23H19F2N3OS. The Morgan fingerprint density at radius 1 is 1.13 bits per heavy atom. The van der Waals surface area contributed by atoms with Crippen LogP contribution in [0.2, 0.25) is 0 Å². The Morgan fingerprint density at radius 3 is 2.40 bits per heavy atom. The van der Waals surface area contributed by atoms with Gasteiger partial charge in [-0.3, -0.25) is 4.79 Å². The van der Waals surface area contributed by atoms with Crippen LogP contribution < -0.4 is 5.32 Å². The lowest BCUT2D eigenvalue weighted by Crippen LogP contribution is -2.13. The van der Waals surface area contributed by atoms with Gasteiger partial charge in [-0.05, 0) is 68.0 Å². The van der Waals surface area contributed by atoms with Crippen molar-refractivity contribution in [1.29, 1.82) is 5.26 Å². The van der Waals surface area contributed by atoms with E-state index in [-0.39, 0.29) is 5.57 Å². The maximum Gasteiger partial charge on any atom is 0.288 e. The van der Waals surface area contributed by atoms with Gasteiger partial charge in [0.25, 0.3) is 11.7 Å². The van der Waals surface area contributed by atoms with Gasteiger partial charge in [-0.1, -0.05) is 30.0 Å². The first-order chi connectivity index (χ1) is 14.4. The van der Waals surface area contributed by atoms with Crippen molar-refractivity contribution in [2.24, 2.45) is 0 Å². The van der Waals surface area contributed by atoms with Gasteiger partial charge in [-0.2, -0.15) is 14.0 Å². The Hall–Kier alpha value is -3.37. The van der Waals surface area contributed by atoms with Crippen molar-refractivity contribution >= 4 is 29.4 Å². The van der Waals surface area contributed by atoms with Gasteiger partial charge in [0.15, 0.2) is 0 Å². The van der Waals surface area contributed by atoms with Crippen LogP contribution in [0.1, 0.15) is 17.0 Å². The van der Waals surface area contributed by atoms with E-state index in [4.69, 9.17) is 0 Å². The number of benzene rings is 2. The van der Waals surface area contributed by atoms with Gasteiger partial charge in [0.05, 0.1) is 0 Å². The number of aryl methyl sites for hydroxylation is 1. The molecule has 2 aromatic carbocycles. The molecular weight excluding hydrogens is 404 g/mol. The quantitative estimate of drug-likeness (QED) is 0.303. The number of hydrogen-bond donors (Lipinski definition) is 1. The van der Waals surface area contributed by atoms with E-state index in [1.54, 1.807) is 6.08 Å². The Kier molecular flexibility index (Phi) is 6.70. The summed E-state index contributed by atoms with van der Waals surface area (Å²) in [5, 5.41) is 12.1. The molecule has 7 heteroatoms. The van der Waals surface area contributed by atoms with Crippen LogP contribution >= 0.6 is 11.8 Å². The predicted molar refractivity (Wildman–Crippen MR) is 116 cm³/mol. The number of amides is 1. The number of thioether (sulfide) groups is 1.